The van der Waals surface area contributed by atoms with Crippen molar-refractivity contribution in [1.82, 2.24) is 10.2 Å². The van der Waals surface area contributed by atoms with Crippen LogP contribution in [0.25, 0.3) is 0 Å². The van der Waals surface area contributed by atoms with Crippen LogP contribution in [0.4, 0.5) is 5.69 Å². The SMILES string of the molecule is Cl.O=C(CCN1CCC2(CCNC2)C1)Nc1cc(Cl)ccc1Cl. The number of amides is 1. The van der Waals surface area contributed by atoms with Crippen LogP contribution in [-0.4, -0.2) is 43.5 Å². The van der Waals surface area contributed by atoms with E-state index < -0.39 is 0 Å². The Hall–Kier alpha value is -0.520. The minimum Gasteiger partial charge on any atom is -0.325 e. The minimum atomic E-state index is -0.0188. The number of benzene rings is 1. The summed E-state index contributed by atoms with van der Waals surface area (Å²) in [7, 11) is 0. The maximum absolute atomic E-state index is 12.1. The van der Waals surface area contributed by atoms with Gasteiger partial charge in [-0.15, -0.1) is 12.4 Å². The van der Waals surface area contributed by atoms with Crippen LogP contribution in [-0.2, 0) is 4.79 Å². The van der Waals surface area contributed by atoms with Gasteiger partial charge in [-0.1, -0.05) is 23.2 Å². The Labute approximate surface area is 153 Å². The zero-order valence-electron chi connectivity index (χ0n) is 12.9. The Bertz CT molecular complexity index is 562. The van der Waals surface area contributed by atoms with E-state index >= 15 is 0 Å². The van der Waals surface area contributed by atoms with E-state index in [1.165, 1.54) is 12.8 Å². The molecule has 2 heterocycles. The molecule has 0 aliphatic carbocycles. The monoisotopic (exact) mass is 377 g/mol. The second-order valence-electron chi connectivity index (χ2n) is 6.38. The van der Waals surface area contributed by atoms with E-state index in [-0.39, 0.29) is 18.3 Å². The number of hydrogen-bond acceptors (Lipinski definition) is 3. The molecule has 1 aromatic carbocycles. The molecule has 4 nitrogen and oxygen atoms in total. The van der Waals surface area contributed by atoms with Gasteiger partial charge in [0.1, 0.15) is 0 Å². The van der Waals surface area contributed by atoms with E-state index in [0.29, 0.717) is 27.6 Å². The fourth-order valence-corrected chi connectivity index (χ4v) is 3.76. The van der Waals surface area contributed by atoms with Gasteiger partial charge in [0.15, 0.2) is 0 Å². The van der Waals surface area contributed by atoms with E-state index in [1.54, 1.807) is 18.2 Å². The summed E-state index contributed by atoms with van der Waals surface area (Å²) in [6, 6.07) is 5.08. The predicted molar refractivity (Wildman–Crippen MR) is 97.9 cm³/mol. The molecule has 2 saturated heterocycles. The number of nitrogens with one attached hydrogen (secondary N) is 2. The number of carbonyl (C=O) groups excluding carboxylic acids is 1. The van der Waals surface area contributed by atoms with Gasteiger partial charge in [-0.05, 0) is 49.5 Å². The second-order valence-corrected chi connectivity index (χ2v) is 7.22. The zero-order chi connectivity index (χ0) is 15.6. The van der Waals surface area contributed by atoms with Crippen molar-refractivity contribution in [3.8, 4) is 0 Å². The van der Waals surface area contributed by atoms with Crippen LogP contribution in [0.5, 0.6) is 0 Å². The van der Waals surface area contributed by atoms with Gasteiger partial charge in [-0.25, -0.2) is 0 Å². The predicted octanol–water partition coefficient (Wildman–Crippen LogP) is 3.43. The molecule has 2 aliphatic rings. The summed E-state index contributed by atoms with van der Waals surface area (Å²) in [5.74, 6) is -0.0188. The van der Waals surface area contributed by atoms with Gasteiger partial charge in [0.25, 0.3) is 0 Å². The molecule has 1 atom stereocenters. The number of anilines is 1. The molecule has 0 radical (unpaired) electrons. The summed E-state index contributed by atoms with van der Waals surface area (Å²) < 4.78 is 0. The average molecular weight is 379 g/mol. The molecule has 128 valence electrons. The molecular weight excluding hydrogens is 357 g/mol. The quantitative estimate of drug-likeness (QED) is 0.843. The van der Waals surface area contributed by atoms with Crippen molar-refractivity contribution in [2.24, 2.45) is 5.41 Å². The Kier molecular flexibility index (Phi) is 6.57. The molecule has 2 N–H and O–H groups in total. The van der Waals surface area contributed by atoms with Gasteiger partial charge >= 0.3 is 0 Å². The first-order valence-electron chi connectivity index (χ1n) is 7.74. The third-order valence-electron chi connectivity index (χ3n) is 4.71. The van der Waals surface area contributed by atoms with Gasteiger partial charge < -0.3 is 15.5 Å². The van der Waals surface area contributed by atoms with Gasteiger partial charge in [0.2, 0.25) is 5.91 Å². The van der Waals surface area contributed by atoms with Crippen molar-refractivity contribution in [2.75, 3.05) is 38.0 Å². The molecule has 1 amide bonds. The van der Waals surface area contributed by atoms with Crippen molar-refractivity contribution in [2.45, 2.75) is 19.3 Å². The van der Waals surface area contributed by atoms with E-state index in [4.69, 9.17) is 23.2 Å². The van der Waals surface area contributed by atoms with E-state index in [1.807, 2.05) is 0 Å². The molecule has 0 bridgehead atoms. The fourth-order valence-electron chi connectivity index (χ4n) is 3.43. The fraction of sp³-hybridized carbons (Fsp3) is 0.562. The number of rotatable bonds is 4. The minimum absolute atomic E-state index is 0. The molecule has 1 aromatic rings. The van der Waals surface area contributed by atoms with Crippen LogP contribution in [0.1, 0.15) is 19.3 Å². The highest BCUT2D eigenvalue weighted by Gasteiger charge is 2.39. The normalized spacial score (nSPS) is 23.9. The highest BCUT2D eigenvalue weighted by molar-refractivity contribution is 6.35. The van der Waals surface area contributed by atoms with Crippen molar-refractivity contribution < 1.29 is 4.79 Å². The van der Waals surface area contributed by atoms with Crippen LogP contribution >= 0.6 is 35.6 Å². The van der Waals surface area contributed by atoms with Crippen molar-refractivity contribution in [1.29, 1.82) is 0 Å². The van der Waals surface area contributed by atoms with Crippen molar-refractivity contribution in [3.63, 3.8) is 0 Å². The van der Waals surface area contributed by atoms with Crippen LogP contribution < -0.4 is 10.6 Å². The Morgan fingerprint density at radius 3 is 2.91 bits per heavy atom. The third-order valence-corrected chi connectivity index (χ3v) is 5.27. The third kappa shape index (κ3) is 4.74. The first kappa shape index (κ1) is 18.8. The highest BCUT2D eigenvalue weighted by Crippen LogP contribution is 2.35. The lowest BCUT2D eigenvalue weighted by molar-refractivity contribution is -0.116. The topological polar surface area (TPSA) is 44.4 Å². The van der Waals surface area contributed by atoms with E-state index in [9.17, 15) is 4.79 Å². The maximum Gasteiger partial charge on any atom is 0.225 e. The highest BCUT2D eigenvalue weighted by atomic mass is 35.5. The van der Waals surface area contributed by atoms with Crippen LogP contribution in [0.15, 0.2) is 18.2 Å². The molecule has 0 saturated carbocycles. The van der Waals surface area contributed by atoms with Crippen molar-refractivity contribution >= 4 is 47.2 Å². The number of halogens is 3. The van der Waals surface area contributed by atoms with Gasteiger partial charge in [-0.3, -0.25) is 4.79 Å². The first-order chi connectivity index (χ1) is 10.6. The van der Waals surface area contributed by atoms with Crippen LogP contribution in [0, 0.1) is 5.41 Å². The number of nitrogens with zero attached hydrogens (tertiary/aromatic N) is 1. The molecule has 1 unspecified atom stereocenters. The van der Waals surface area contributed by atoms with Crippen LogP contribution in [0.3, 0.4) is 0 Å². The van der Waals surface area contributed by atoms with Gasteiger partial charge in [0.05, 0.1) is 10.7 Å². The van der Waals surface area contributed by atoms with Crippen molar-refractivity contribution in [3.05, 3.63) is 28.2 Å². The molecule has 2 fully saturated rings. The summed E-state index contributed by atoms with van der Waals surface area (Å²) in [6.07, 6.45) is 2.97. The first-order valence-corrected chi connectivity index (χ1v) is 8.50. The lowest BCUT2D eigenvalue weighted by Gasteiger charge is -2.22. The Morgan fingerprint density at radius 2 is 2.17 bits per heavy atom. The number of hydrogen-bond donors (Lipinski definition) is 2. The van der Waals surface area contributed by atoms with Gasteiger partial charge in [-0.2, -0.15) is 0 Å². The summed E-state index contributed by atoms with van der Waals surface area (Å²) in [4.78, 5) is 14.5. The number of carbonyl (C=O) groups is 1. The second kappa shape index (κ2) is 8.04. The molecule has 2 aliphatic heterocycles. The summed E-state index contributed by atoms with van der Waals surface area (Å²) >= 11 is 12.0. The molecule has 1 spiro atoms. The molecular formula is C16H22Cl3N3O. The smallest absolute Gasteiger partial charge is 0.225 e. The zero-order valence-corrected chi connectivity index (χ0v) is 15.2. The summed E-state index contributed by atoms with van der Waals surface area (Å²) in [6.45, 7) is 5.24. The van der Waals surface area contributed by atoms with E-state index in [2.05, 4.69) is 15.5 Å². The average Bonchev–Trinajstić information content (AvgIpc) is 3.11. The lowest BCUT2D eigenvalue weighted by atomic mass is 9.87. The summed E-state index contributed by atoms with van der Waals surface area (Å²) in [5, 5.41) is 7.37. The molecule has 0 aromatic heterocycles. The molecule has 23 heavy (non-hydrogen) atoms. The van der Waals surface area contributed by atoms with Crippen LogP contribution in [0.2, 0.25) is 10.0 Å². The number of likely N-dealkylation sites (tertiary alicyclic amines) is 1. The Morgan fingerprint density at radius 1 is 1.35 bits per heavy atom. The lowest BCUT2D eigenvalue weighted by Crippen LogP contribution is -2.31. The molecule has 3 rings (SSSR count). The largest absolute Gasteiger partial charge is 0.325 e. The Balaban J connectivity index is 0.00000192. The summed E-state index contributed by atoms with van der Waals surface area (Å²) in [5.41, 5.74) is 1.03. The van der Waals surface area contributed by atoms with E-state index in [0.717, 1.165) is 32.7 Å². The maximum atomic E-state index is 12.1. The molecule has 7 heteroatoms. The van der Waals surface area contributed by atoms with Gasteiger partial charge in [0, 0.05) is 31.1 Å². The standard InChI is InChI=1S/C16H21Cl2N3O.ClH/c17-12-1-2-13(18)14(9-12)20-15(22)3-7-21-8-5-16(11-21)4-6-19-10-16;/h1-2,9,19H,3-8,10-11H2,(H,20,22);1H.